The highest BCUT2D eigenvalue weighted by molar-refractivity contribution is 4.93. The van der Waals surface area contributed by atoms with Crippen molar-refractivity contribution in [3.05, 3.63) is 0 Å². The van der Waals surface area contributed by atoms with Crippen LogP contribution in [0.2, 0.25) is 0 Å². The van der Waals surface area contributed by atoms with Gasteiger partial charge in [0.1, 0.15) is 0 Å². The van der Waals surface area contributed by atoms with Crippen LogP contribution in [0.4, 0.5) is 0 Å². The molecule has 0 bridgehead atoms. The molecule has 0 aliphatic carbocycles. The quantitative estimate of drug-likeness (QED) is 0.714. The predicted molar refractivity (Wildman–Crippen MR) is 90.2 cm³/mol. The summed E-state index contributed by atoms with van der Waals surface area (Å²) in [6.45, 7) is 17.8. The summed E-state index contributed by atoms with van der Waals surface area (Å²) < 4.78 is 0. The maximum Gasteiger partial charge on any atom is 0.0278 e. The Morgan fingerprint density at radius 3 is 2.50 bits per heavy atom. The second-order valence-electron chi connectivity index (χ2n) is 7.84. The summed E-state index contributed by atoms with van der Waals surface area (Å²) in [6, 6.07) is 0.687. The lowest BCUT2D eigenvalue weighted by atomic mass is 9.90. The summed E-state index contributed by atoms with van der Waals surface area (Å²) in [4.78, 5) is 2.76. The van der Waals surface area contributed by atoms with Gasteiger partial charge in [-0.15, -0.1) is 0 Å². The highest BCUT2D eigenvalue weighted by atomic mass is 15.3. The predicted octanol–water partition coefficient (Wildman–Crippen LogP) is 4.30. The molecule has 2 atom stereocenters. The molecular formula is C18H38N2. The van der Waals surface area contributed by atoms with Gasteiger partial charge in [-0.3, -0.25) is 4.90 Å². The first kappa shape index (κ1) is 18.0. The molecule has 1 heterocycles. The number of unbranched alkanes of at least 4 members (excludes halogenated alkanes) is 1. The molecule has 1 aliphatic rings. The van der Waals surface area contributed by atoms with Gasteiger partial charge in [0.25, 0.3) is 0 Å². The van der Waals surface area contributed by atoms with Gasteiger partial charge in [0.2, 0.25) is 0 Å². The van der Waals surface area contributed by atoms with E-state index < -0.39 is 0 Å². The fraction of sp³-hybridized carbons (Fsp3) is 1.00. The molecule has 120 valence electrons. The van der Waals surface area contributed by atoms with Crippen LogP contribution in [0.1, 0.15) is 73.6 Å². The van der Waals surface area contributed by atoms with Crippen LogP contribution in [0, 0.1) is 11.8 Å². The molecule has 1 N–H and O–H groups in total. The summed E-state index contributed by atoms with van der Waals surface area (Å²) in [5, 5.41) is 3.76. The zero-order valence-corrected chi connectivity index (χ0v) is 14.8. The van der Waals surface area contributed by atoms with Crippen molar-refractivity contribution in [2.45, 2.75) is 85.2 Å². The van der Waals surface area contributed by atoms with Crippen molar-refractivity contribution >= 4 is 0 Å². The van der Waals surface area contributed by atoms with Gasteiger partial charge in [-0.1, -0.05) is 47.0 Å². The summed E-state index contributed by atoms with van der Waals surface area (Å²) in [7, 11) is 0. The molecule has 2 unspecified atom stereocenters. The number of rotatable bonds is 8. The smallest absolute Gasteiger partial charge is 0.0278 e. The molecule has 1 aliphatic heterocycles. The average molecular weight is 283 g/mol. The molecule has 0 radical (unpaired) electrons. The lowest BCUT2D eigenvalue weighted by Gasteiger charge is -2.48. The van der Waals surface area contributed by atoms with Crippen LogP contribution >= 0.6 is 0 Å². The van der Waals surface area contributed by atoms with Crippen molar-refractivity contribution < 1.29 is 0 Å². The first-order valence-electron chi connectivity index (χ1n) is 8.87. The van der Waals surface area contributed by atoms with Crippen molar-refractivity contribution in [2.75, 3.05) is 19.6 Å². The molecule has 1 rings (SSSR count). The molecule has 0 aromatic rings. The number of piperazine rings is 1. The maximum atomic E-state index is 3.76. The molecule has 0 aromatic heterocycles. The molecule has 1 fully saturated rings. The Morgan fingerprint density at radius 2 is 1.95 bits per heavy atom. The minimum Gasteiger partial charge on any atom is -0.311 e. The monoisotopic (exact) mass is 282 g/mol. The topological polar surface area (TPSA) is 15.3 Å². The Bertz CT molecular complexity index is 260. The van der Waals surface area contributed by atoms with Crippen LogP contribution in [0.15, 0.2) is 0 Å². The average Bonchev–Trinajstić information content (AvgIpc) is 2.37. The minimum atomic E-state index is 0.313. The van der Waals surface area contributed by atoms with Crippen LogP contribution in [0.25, 0.3) is 0 Å². The zero-order chi connectivity index (χ0) is 15.2. The fourth-order valence-electron chi connectivity index (χ4n) is 3.36. The van der Waals surface area contributed by atoms with Crippen molar-refractivity contribution in [1.29, 1.82) is 0 Å². The highest BCUT2D eigenvalue weighted by Gasteiger charge is 2.34. The van der Waals surface area contributed by atoms with E-state index >= 15 is 0 Å². The van der Waals surface area contributed by atoms with Crippen molar-refractivity contribution in [2.24, 2.45) is 11.8 Å². The third-order valence-electron chi connectivity index (χ3n) is 4.90. The van der Waals surface area contributed by atoms with Crippen LogP contribution in [0.3, 0.4) is 0 Å². The molecule has 0 aromatic carbocycles. The fourth-order valence-corrected chi connectivity index (χ4v) is 3.36. The second-order valence-corrected chi connectivity index (χ2v) is 7.84. The molecule has 0 spiro atoms. The van der Waals surface area contributed by atoms with E-state index in [9.17, 15) is 0 Å². The van der Waals surface area contributed by atoms with E-state index in [0.717, 1.165) is 18.4 Å². The molecule has 2 nitrogen and oxygen atoms in total. The molecule has 0 saturated carbocycles. The SMILES string of the molecule is CCCCC(CC)CN1CC(CC(C)C)NCC1(C)C. The largest absolute Gasteiger partial charge is 0.311 e. The number of hydrogen-bond donors (Lipinski definition) is 1. The third-order valence-corrected chi connectivity index (χ3v) is 4.90. The van der Waals surface area contributed by atoms with E-state index in [0.29, 0.717) is 11.6 Å². The van der Waals surface area contributed by atoms with Gasteiger partial charge in [-0.25, -0.2) is 0 Å². The molecule has 2 heteroatoms. The molecule has 0 amide bonds. The summed E-state index contributed by atoms with van der Waals surface area (Å²) in [5.41, 5.74) is 0.313. The Kier molecular flexibility index (Phi) is 7.53. The van der Waals surface area contributed by atoms with E-state index in [1.807, 2.05) is 0 Å². The molecular weight excluding hydrogens is 244 g/mol. The van der Waals surface area contributed by atoms with Gasteiger partial charge in [-0.2, -0.15) is 0 Å². The van der Waals surface area contributed by atoms with Gasteiger partial charge in [0, 0.05) is 31.2 Å². The van der Waals surface area contributed by atoms with Crippen LogP contribution in [0.5, 0.6) is 0 Å². The van der Waals surface area contributed by atoms with Gasteiger partial charge in [-0.05, 0) is 38.5 Å². The van der Waals surface area contributed by atoms with E-state index in [1.54, 1.807) is 0 Å². The third kappa shape index (κ3) is 5.73. The summed E-state index contributed by atoms with van der Waals surface area (Å²) in [5.74, 6) is 1.67. The van der Waals surface area contributed by atoms with Crippen molar-refractivity contribution in [3.63, 3.8) is 0 Å². The van der Waals surface area contributed by atoms with E-state index in [1.165, 1.54) is 45.2 Å². The Morgan fingerprint density at radius 1 is 1.25 bits per heavy atom. The van der Waals surface area contributed by atoms with Crippen molar-refractivity contribution in [3.8, 4) is 0 Å². The number of hydrogen-bond acceptors (Lipinski definition) is 2. The van der Waals surface area contributed by atoms with Gasteiger partial charge in [0.05, 0.1) is 0 Å². The van der Waals surface area contributed by atoms with Crippen LogP contribution in [-0.2, 0) is 0 Å². The van der Waals surface area contributed by atoms with Crippen LogP contribution in [-0.4, -0.2) is 36.1 Å². The van der Waals surface area contributed by atoms with E-state index in [2.05, 4.69) is 51.8 Å². The lowest BCUT2D eigenvalue weighted by Crippen LogP contribution is -2.62. The Hall–Kier alpha value is -0.0800. The number of nitrogens with one attached hydrogen (secondary N) is 1. The standard InChI is InChI=1S/C18H38N2/c1-7-9-10-16(8-2)12-20-13-17(11-15(3)4)19-14-18(20,5)6/h15-17,19H,7-14H2,1-6H3. The summed E-state index contributed by atoms with van der Waals surface area (Å²) >= 11 is 0. The molecule has 20 heavy (non-hydrogen) atoms. The van der Waals surface area contributed by atoms with Gasteiger partial charge >= 0.3 is 0 Å². The van der Waals surface area contributed by atoms with E-state index in [4.69, 9.17) is 0 Å². The van der Waals surface area contributed by atoms with Gasteiger partial charge < -0.3 is 5.32 Å². The molecule has 1 saturated heterocycles. The normalized spacial score (nSPS) is 25.1. The van der Waals surface area contributed by atoms with Crippen molar-refractivity contribution in [1.82, 2.24) is 10.2 Å². The number of nitrogens with zero attached hydrogens (tertiary/aromatic N) is 1. The second kappa shape index (κ2) is 8.38. The lowest BCUT2D eigenvalue weighted by molar-refractivity contribution is 0.0437. The first-order valence-corrected chi connectivity index (χ1v) is 8.87. The summed E-state index contributed by atoms with van der Waals surface area (Å²) in [6.07, 6.45) is 6.76. The zero-order valence-electron chi connectivity index (χ0n) is 14.8. The Balaban J connectivity index is 2.57. The minimum absolute atomic E-state index is 0.313. The maximum absolute atomic E-state index is 3.76. The first-order chi connectivity index (χ1) is 9.39. The Labute approximate surface area is 127 Å². The van der Waals surface area contributed by atoms with Crippen LogP contribution < -0.4 is 5.32 Å². The van der Waals surface area contributed by atoms with Gasteiger partial charge in [0.15, 0.2) is 0 Å². The van der Waals surface area contributed by atoms with E-state index in [-0.39, 0.29) is 0 Å². The highest BCUT2D eigenvalue weighted by Crippen LogP contribution is 2.25.